The minimum absolute atomic E-state index is 0. The summed E-state index contributed by atoms with van der Waals surface area (Å²) in [6.07, 6.45) is 1.02. The van der Waals surface area contributed by atoms with Crippen molar-refractivity contribution in [3.8, 4) is 11.4 Å². The number of tetrazole rings is 1. The molecular weight excluding hydrogens is 442 g/mol. The maximum absolute atomic E-state index is 5.91. The van der Waals surface area contributed by atoms with Gasteiger partial charge < -0.3 is 10.1 Å². The highest BCUT2D eigenvalue weighted by Crippen LogP contribution is 2.18. The summed E-state index contributed by atoms with van der Waals surface area (Å²) in [6.45, 7) is 2.32. The molecule has 0 saturated heterocycles. The van der Waals surface area contributed by atoms with Gasteiger partial charge in [-0.25, -0.2) is 0 Å². The van der Waals surface area contributed by atoms with E-state index in [2.05, 4.69) is 45.1 Å². The third-order valence-corrected chi connectivity index (χ3v) is 5.65. The molecule has 1 aromatic heterocycles. The van der Waals surface area contributed by atoms with E-state index in [0.717, 1.165) is 41.9 Å². The molecule has 8 heteroatoms. The van der Waals surface area contributed by atoms with E-state index in [1.807, 2.05) is 60.7 Å². The number of rotatable bonds is 11. The van der Waals surface area contributed by atoms with E-state index < -0.39 is 0 Å². The van der Waals surface area contributed by atoms with Crippen molar-refractivity contribution in [1.29, 1.82) is 0 Å². The lowest BCUT2D eigenvalue weighted by molar-refractivity contribution is 0.306. The fourth-order valence-corrected chi connectivity index (χ4v) is 3.91. The van der Waals surface area contributed by atoms with E-state index in [1.165, 1.54) is 11.1 Å². The Morgan fingerprint density at radius 3 is 2.44 bits per heavy atom. The molecular formula is C24H26ClN5OS. The average Bonchev–Trinajstić information content (AvgIpc) is 3.30. The summed E-state index contributed by atoms with van der Waals surface area (Å²) in [5, 5.41) is 16.4. The fourth-order valence-electron chi connectivity index (χ4n) is 3.08. The van der Waals surface area contributed by atoms with Crippen LogP contribution in [0.15, 0.2) is 90.1 Å². The largest absolute Gasteiger partial charge is 0.489 e. The monoisotopic (exact) mass is 467 g/mol. The van der Waals surface area contributed by atoms with Crippen LogP contribution < -0.4 is 10.1 Å². The lowest BCUT2D eigenvalue weighted by Crippen LogP contribution is -2.15. The van der Waals surface area contributed by atoms with Crippen molar-refractivity contribution in [2.24, 2.45) is 0 Å². The number of aromatic nitrogens is 4. The third-order valence-electron chi connectivity index (χ3n) is 4.65. The van der Waals surface area contributed by atoms with Gasteiger partial charge in [0.05, 0.1) is 5.69 Å². The molecule has 0 bridgehead atoms. The highest BCUT2D eigenvalue weighted by Gasteiger charge is 2.08. The van der Waals surface area contributed by atoms with Gasteiger partial charge in [0.15, 0.2) is 0 Å². The number of para-hydroxylation sites is 1. The van der Waals surface area contributed by atoms with Gasteiger partial charge in [-0.1, -0.05) is 72.4 Å². The Hall–Kier alpha value is -2.87. The summed E-state index contributed by atoms with van der Waals surface area (Å²) in [4.78, 5) is 0. The lowest BCUT2D eigenvalue weighted by atomic mass is 10.2. The molecule has 32 heavy (non-hydrogen) atoms. The quantitative estimate of drug-likeness (QED) is 0.249. The predicted octanol–water partition coefficient (Wildman–Crippen LogP) is 4.94. The first kappa shape index (κ1) is 23.8. The van der Waals surface area contributed by atoms with Crippen LogP contribution in [0.5, 0.6) is 5.75 Å². The average molecular weight is 468 g/mol. The van der Waals surface area contributed by atoms with E-state index in [9.17, 15) is 0 Å². The number of hydrogen-bond donors (Lipinski definition) is 1. The minimum atomic E-state index is 0. The van der Waals surface area contributed by atoms with E-state index in [-0.39, 0.29) is 12.4 Å². The number of nitrogens with one attached hydrogen (secondary N) is 1. The number of thioether (sulfide) groups is 1. The van der Waals surface area contributed by atoms with Crippen LogP contribution in [0.25, 0.3) is 5.69 Å². The van der Waals surface area contributed by atoms with Crippen LogP contribution in [0.1, 0.15) is 17.5 Å². The molecule has 0 saturated carbocycles. The lowest BCUT2D eigenvalue weighted by Gasteiger charge is -2.09. The standard InChI is InChI=1S/C24H25N5OS.ClH/c1-3-9-20(10-4-1)19-30-23-14-7-11-21(17-23)18-25-15-8-16-31-24-26-27-28-29(24)22-12-5-2-6-13-22;/h1-7,9-14,17,25H,8,15-16,18-19H2;1H. The van der Waals surface area contributed by atoms with Crippen LogP contribution in [0.4, 0.5) is 0 Å². The summed E-state index contributed by atoms with van der Waals surface area (Å²) < 4.78 is 7.69. The second-order valence-electron chi connectivity index (χ2n) is 7.01. The molecule has 0 fully saturated rings. The Labute approximate surface area is 198 Å². The number of nitrogens with zero attached hydrogens (tertiary/aromatic N) is 4. The van der Waals surface area contributed by atoms with Gasteiger partial charge in [0, 0.05) is 12.3 Å². The Kier molecular flexibility index (Phi) is 9.56. The van der Waals surface area contributed by atoms with Crippen LogP contribution in [0, 0.1) is 0 Å². The molecule has 0 amide bonds. The number of hydrogen-bond acceptors (Lipinski definition) is 6. The maximum Gasteiger partial charge on any atom is 0.214 e. The molecule has 0 unspecified atom stereocenters. The molecule has 0 radical (unpaired) electrons. The van der Waals surface area contributed by atoms with Gasteiger partial charge >= 0.3 is 0 Å². The molecule has 1 N–H and O–H groups in total. The molecule has 0 aliphatic heterocycles. The molecule has 1 heterocycles. The zero-order valence-electron chi connectivity index (χ0n) is 17.6. The summed E-state index contributed by atoms with van der Waals surface area (Å²) in [7, 11) is 0. The Morgan fingerprint density at radius 2 is 1.62 bits per heavy atom. The zero-order valence-corrected chi connectivity index (χ0v) is 19.3. The molecule has 4 aromatic rings. The highest BCUT2D eigenvalue weighted by atomic mass is 35.5. The van der Waals surface area contributed by atoms with E-state index in [0.29, 0.717) is 6.61 Å². The van der Waals surface area contributed by atoms with Gasteiger partial charge in [-0.2, -0.15) is 4.68 Å². The van der Waals surface area contributed by atoms with Crippen LogP contribution in [-0.2, 0) is 13.2 Å². The van der Waals surface area contributed by atoms with Crippen LogP contribution in [-0.4, -0.2) is 32.5 Å². The van der Waals surface area contributed by atoms with Gasteiger partial charge in [-0.15, -0.1) is 17.5 Å². The van der Waals surface area contributed by atoms with Gasteiger partial charge in [0.25, 0.3) is 0 Å². The molecule has 3 aromatic carbocycles. The third kappa shape index (κ3) is 7.09. The summed E-state index contributed by atoms with van der Waals surface area (Å²) in [5.74, 6) is 1.84. The van der Waals surface area contributed by atoms with Crippen molar-refractivity contribution in [1.82, 2.24) is 25.5 Å². The Morgan fingerprint density at radius 1 is 0.875 bits per heavy atom. The zero-order chi connectivity index (χ0) is 21.1. The molecule has 0 spiro atoms. The summed E-state index contributed by atoms with van der Waals surface area (Å²) >= 11 is 1.67. The minimum Gasteiger partial charge on any atom is -0.489 e. The van der Waals surface area contributed by atoms with E-state index in [4.69, 9.17) is 4.74 Å². The van der Waals surface area contributed by atoms with Crippen LogP contribution in [0.3, 0.4) is 0 Å². The molecule has 0 aliphatic carbocycles. The predicted molar refractivity (Wildman–Crippen MR) is 131 cm³/mol. The second kappa shape index (κ2) is 12.9. The summed E-state index contributed by atoms with van der Waals surface area (Å²) in [5.41, 5.74) is 3.36. The van der Waals surface area contributed by atoms with Crippen molar-refractivity contribution >= 4 is 24.2 Å². The van der Waals surface area contributed by atoms with Crippen molar-refractivity contribution in [3.05, 3.63) is 96.1 Å². The number of benzene rings is 3. The van der Waals surface area contributed by atoms with Gasteiger partial charge in [0.1, 0.15) is 12.4 Å². The van der Waals surface area contributed by atoms with Gasteiger partial charge in [-0.05, 0) is 58.8 Å². The van der Waals surface area contributed by atoms with Gasteiger partial charge in [0.2, 0.25) is 5.16 Å². The maximum atomic E-state index is 5.91. The molecule has 4 rings (SSSR count). The smallest absolute Gasteiger partial charge is 0.214 e. The van der Waals surface area contributed by atoms with Crippen LogP contribution in [0.2, 0.25) is 0 Å². The number of halogens is 1. The summed E-state index contributed by atoms with van der Waals surface area (Å²) in [6, 6.07) is 28.4. The molecule has 6 nitrogen and oxygen atoms in total. The molecule has 0 aliphatic rings. The van der Waals surface area contributed by atoms with Crippen molar-refractivity contribution < 1.29 is 4.74 Å². The topological polar surface area (TPSA) is 64.9 Å². The first-order valence-corrected chi connectivity index (χ1v) is 11.3. The first-order valence-electron chi connectivity index (χ1n) is 10.3. The second-order valence-corrected chi connectivity index (χ2v) is 8.07. The highest BCUT2D eigenvalue weighted by molar-refractivity contribution is 7.99. The van der Waals surface area contributed by atoms with Crippen LogP contribution >= 0.6 is 24.2 Å². The SMILES string of the molecule is Cl.c1ccc(COc2cccc(CNCCCSc3nnnn3-c3ccccc3)c2)cc1. The van der Waals surface area contributed by atoms with Gasteiger partial charge in [-0.3, -0.25) is 0 Å². The van der Waals surface area contributed by atoms with Crippen molar-refractivity contribution in [2.75, 3.05) is 12.3 Å². The normalized spacial score (nSPS) is 10.5. The van der Waals surface area contributed by atoms with E-state index >= 15 is 0 Å². The number of ether oxygens (including phenoxy) is 1. The van der Waals surface area contributed by atoms with Crippen molar-refractivity contribution in [2.45, 2.75) is 24.7 Å². The fraction of sp³-hybridized carbons (Fsp3) is 0.208. The van der Waals surface area contributed by atoms with Crippen molar-refractivity contribution in [3.63, 3.8) is 0 Å². The first-order chi connectivity index (χ1) is 15.4. The Balaban J connectivity index is 0.00000289. The molecule has 0 atom stereocenters. The van der Waals surface area contributed by atoms with E-state index in [1.54, 1.807) is 16.4 Å². The molecule has 166 valence electrons. The Bertz CT molecular complexity index is 1060.